The fourth-order valence-electron chi connectivity index (χ4n) is 7.68. The van der Waals surface area contributed by atoms with Gasteiger partial charge in [0.1, 0.15) is 0 Å². The number of rotatable bonds is 22. The van der Waals surface area contributed by atoms with Crippen molar-refractivity contribution in [3.8, 4) is 20.0 Å². The van der Waals surface area contributed by atoms with Gasteiger partial charge in [-0.05, 0) is 0 Å². The van der Waals surface area contributed by atoms with Crippen molar-refractivity contribution in [3.05, 3.63) is 45.3 Å². The molecule has 0 aliphatic heterocycles. The molecule has 5 aromatic rings. The summed E-state index contributed by atoms with van der Waals surface area (Å²) in [6.07, 6.45) is 22.2. The molecule has 0 nitrogen and oxygen atoms in total. The van der Waals surface area contributed by atoms with Gasteiger partial charge >= 0.3 is 352 Å². The van der Waals surface area contributed by atoms with Gasteiger partial charge in [-0.2, -0.15) is 0 Å². The van der Waals surface area contributed by atoms with Crippen molar-refractivity contribution in [2.45, 2.75) is 160 Å². The number of unbranched alkanes of at least 4 members (excludes halogenated alkanes) is 10. The number of fused-ring (bicyclic) bond motifs is 2. The van der Waals surface area contributed by atoms with Crippen molar-refractivity contribution in [1.29, 1.82) is 0 Å². The predicted molar refractivity (Wildman–Crippen MR) is 250 cm³/mol. The summed E-state index contributed by atoms with van der Waals surface area (Å²) in [5.74, 6) is 1.60. The van der Waals surface area contributed by atoms with Gasteiger partial charge in [-0.15, -0.1) is 0 Å². The Labute approximate surface area is 347 Å². The summed E-state index contributed by atoms with van der Waals surface area (Å²) in [5.41, 5.74) is 3.28. The molecule has 0 saturated carbocycles. The van der Waals surface area contributed by atoms with E-state index in [-0.39, 0.29) is 0 Å². The molecular weight excluding hydrogens is 1010 g/mol. The van der Waals surface area contributed by atoms with E-state index in [2.05, 4.69) is 116 Å². The first-order valence-electron chi connectivity index (χ1n) is 21.0. The Balaban J connectivity index is 1.49. The van der Waals surface area contributed by atoms with Crippen molar-refractivity contribution in [2.75, 3.05) is 0 Å². The average Bonchev–Trinajstić information content (AvgIpc) is 3.89. The van der Waals surface area contributed by atoms with Crippen molar-refractivity contribution in [2.24, 2.45) is 11.8 Å². The van der Waals surface area contributed by atoms with Gasteiger partial charge in [-0.1, -0.05) is 0 Å². The first-order valence-corrected chi connectivity index (χ1v) is 46.1. The molecule has 0 fully saturated rings. The summed E-state index contributed by atoms with van der Waals surface area (Å²) in [6, 6.07) is 15.7. The maximum absolute atomic E-state index is 2.73. The molecule has 2 unspecified atom stereocenters. The molecule has 0 aliphatic rings. The van der Waals surface area contributed by atoms with Crippen LogP contribution in [0, 0.1) is 11.8 Å². The summed E-state index contributed by atoms with van der Waals surface area (Å²) in [4.78, 5) is 15.8. The second-order valence-corrected chi connectivity index (χ2v) is 56.1. The van der Waals surface area contributed by atoms with Gasteiger partial charge in [-0.3, -0.25) is 0 Å². The fraction of sp³-hybridized carbons (Fsp3) is 0.609. The van der Waals surface area contributed by atoms with E-state index in [1.54, 1.807) is 54.8 Å². The van der Waals surface area contributed by atoms with E-state index < -0.39 is 36.8 Å². The Morgan fingerprint density at radius 1 is 0.519 bits per heavy atom. The topological polar surface area (TPSA) is 0 Å². The summed E-state index contributed by atoms with van der Waals surface area (Å²) in [6.45, 7) is 9.68. The number of hydrogen-bond acceptors (Lipinski definition) is 2. The molecule has 0 saturated heterocycles. The zero-order chi connectivity index (χ0) is 37.5. The molecule has 2 atom stereocenters. The molecule has 4 heterocycles. The Morgan fingerprint density at radius 2 is 0.885 bits per heavy atom. The summed E-state index contributed by atoms with van der Waals surface area (Å²) >= 11 is 0.649. The molecule has 0 aliphatic carbocycles. The second kappa shape index (κ2) is 20.4. The van der Waals surface area contributed by atoms with Gasteiger partial charge in [0.15, 0.2) is 0 Å². The Kier molecular flexibility index (Phi) is 17.2. The molecule has 5 rings (SSSR count). The summed E-state index contributed by atoms with van der Waals surface area (Å²) in [5, 5.41) is 3.22. The van der Waals surface area contributed by atoms with Crippen LogP contribution in [0.25, 0.3) is 40.2 Å². The normalized spacial score (nSPS) is 13.9. The van der Waals surface area contributed by atoms with Crippen LogP contribution in [0.3, 0.4) is 0 Å². The van der Waals surface area contributed by atoms with Crippen molar-refractivity contribution < 1.29 is 0 Å². The van der Waals surface area contributed by atoms with Gasteiger partial charge in [0.25, 0.3) is 0 Å². The SMILES string of the molecule is CCCCCCCCC(C)Cc1ccc(-c2c3c[c]([Sn]([CH3])([CH3])[CH3])sc3c(-c3ccc(CC(C)CCCCCCCC)[se]3)c3c[c]([Sn]([CH3])([CH3])[CH3])sc23)[se]1. The van der Waals surface area contributed by atoms with Crippen LogP contribution in [0.5, 0.6) is 0 Å². The van der Waals surface area contributed by atoms with Crippen LogP contribution in [0.15, 0.2) is 36.4 Å². The Bertz CT molecular complexity index is 1650. The molecule has 0 bridgehead atoms. The number of thiophene rings is 2. The minimum atomic E-state index is -2.31. The molecule has 52 heavy (non-hydrogen) atoms. The quantitative estimate of drug-likeness (QED) is 0.0479. The van der Waals surface area contributed by atoms with Crippen LogP contribution >= 0.6 is 22.7 Å². The molecule has 286 valence electrons. The maximum atomic E-state index is 2.73. The third kappa shape index (κ3) is 11.9. The molecule has 0 N–H and O–H groups in total. The van der Waals surface area contributed by atoms with E-state index in [9.17, 15) is 0 Å². The van der Waals surface area contributed by atoms with Crippen LogP contribution < -0.4 is 5.79 Å². The zero-order valence-electron chi connectivity index (χ0n) is 34.6. The van der Waals surface area contributed by atoms with Crippen LogP contribution in [0.2, 0.25) is 29.6 Å². The minimum absolute atomic E-state index is 0.427. The molecule has 1 aromatic carbocycles. The molecule has 0 amide bonds. The van der Waals surface area contributed by atoms with Crippen molar-refractivity contribution >= 4 is 114 Å². The average molecular weight is 1080 g/mol. The Hall–Kier alpha value is 0.736. The van der Waals surface area contributed by atoms with E-state index in [0.29, 0.717) is 29.0 Å². The van der Waals surface area contributed by atoms with Crippen LogP contribution in [-0.2, 0) is 12.8 Å². The summed E-state index contributed by atoms with van der Waals surface area (Å²) < 4.78 is 13.5. The van der Waals surface area contributed by atoms with Gasteiger partial charge in [0.2, 0.25) is 0 Å². The van der Waals surface area contributed by atoms with E-state index in [4.69, 9.17) is 0 Å². The van der Waals surface area contributed by atoms with E-state index >= 15 is 0 Å². The molecule has 0 spiro atoms. The third-order valence-corrected chi connectivity index (χ3v) is 36.8. The van der Waals surface area contributed by atoms with Gasteiger partial charge < -0.3 is 0 Å². The third-order valence-electron chi connectivity index (χ3n) is 11.0. The zero-order valence-corrected chi connectivity index (χ0v) is 45.3. The van der Waals surface area contributed by atoms with E-state index in [1.165, 1.54) is 103 Å². The number of benzene rings is 1. The van der Waals surface area contributed by atoms with Crippen LogP contribution in [0.4, 0.5) is 0 Å². The second-order valence-electron chi connectivity index (χ2n) is 18.2. The van der Waals surface area contributed by atoms with Gasteiger partial charge in [0, 0.05) is 0 Å². The van der Waals surface area contributed by atoms with Crippen molar-refractivity contribution in [1.82, 2.24) is 0 Å². The monoisotopic (exact) mass is 1090 g/mol. The molecule has 0 radical (unpaired) electrons. The Morgan fingerprint density at radius 3 is 1.25 bits per heavy atom. The van der Waals surface area contributed by atoms with Crippen LogP contribution in [0.1, 0.15) is 126 Å². The van der Waals surface area contributed by atoms with Crippen LogP contribution in [-0.4, -0.2) is 65.8 Å². The van der Waals surface area contributed by atoms with Crippen molar-refractivity contribution in [3.63, 3.8) is 0 Å². The molecule has 6 heteroatoms. The standard InChI is InChI=1S/C40H52S2Se2.6CH3.2Sn/c1-5-7-9-11-13-15-17-29(3)27-31-19-21-35(43-31)37-33-23-25-42-40(33)38(34-24-26-41-39(34)37)36-22-20-32(44-36)28-30(4)18-16-14-12-10-8-6-2;;;;;;;;/h19-24,29-30H,5-18,27-28H2,1-4H3;6*1H3;;. The molecular formula is C46H70S2Se2Sn2. The van der Waals surface area contributed by atoms with E-state index in [1.807, 2.05) is 0 Å². The van der Waals surface area contributed by atoms with Gasteiger partial charge in [0.05, 0.1) is 0 Å². The van der Waals surface area contributed by atoms with Gasteiger partial charge in [-0.25, -0.2) is 0 Å². The fourth-order valence-corrected chi connectivity index (χ4v) is 26.0. The predicted octanol–water partition coefficient (Wildman–Crippen LogP) is 14.5. The number of hydrogen-bond donors (Lipinski definition) is 0. The van der Waals surface area contributed by atoms with E-state index in [0.717, 1.165) is 11.8 Å². The first-order chi connectivity index (χ1) is 24.8. The first kappa shape index (κ1) is 43.9. The summed E-state index contributed by atoms with van der Waals surface area (Å²) in [7, 11) is 0. The molecule has 4 aromatic heterocycles.